The zero-order valence-electron chi connectivity index (χ0n) is 8.05. The molecule has 68 valence electrons. The van der Waals surface area contributed by atoms with Crippen LogP contribution in [0.5, 0.6) is 0 Å². The third-order valence-electron chi connectivity index (χ3n) is 1.76. The van der Waals surface area contributed by atoms with Gasteiger partial charge in [0.15, 0.2) is 0 Å². The maximum absolute atomic E-state index is 3.22. The fourth-order valence-electron chi connectivity index (χ4n) is 0.897. The quantitative estimate of drug-likeness (QED) is 0.647. The molecule has 0 saturated carbocycles. The number of likely N-dealkylation sites (N-methyl/N-ethyl adjacent to an activating group) is 2. The number of hydrogen-bond acceptors (Lipinski definition) is 3. The van der Waals surface area contributed by atoms with Gasteiger partial charge in [-0.1, -0.05) is 0 Å². The molecular formula is C8H20N2S. The summed E-state index contributed by atoms with van der Waals surface area (Å²) < 4.78 is 0. The Morgan fingerprint density at radius 3 is 2.64 bits per heavy atom. The van der Waals surface area contributed by atoms with Crippen molar-refractivity contribution in [3.63, 3.8) is 0 Å². The van der Waals surface area contributed by atoms with Crippen LogP contribution in [0.4, 0.5) is 0 Å². The SMILES string of the molecule is CNC(C)CN(C)CCSC. The Morgan fingerprint density at radius 2 is 2.18 bits per heavy atom. The maximum atomic E-state index is 3.22. The van der Waals surface area contributed by atoms with Crippen molar-refractivity contribution in [3.05, 3.63) is 0 Å². The third-order valence-corrected chi connectivity index (χ3v) is 2.35. The van der Waals surface area contributed by atoms with Gasteiger partial charge in [0.25, 0.3) is 0 Å². The van der Waals surface area contributed by atoms with Crippen LogP contribution in [-0.2, 0) is 0 Å². The summed E-state index contributed by atoms with van der Waals surface area (Å²) in [6.07, 6.45) is 2.15. The molecule has 11 heavy (non-hydrogen) atoms. The van der Waals surface area contributed by atoms with Gasteiger partial charge in [-0.25, -0.2) is 0 Å². The number of rotatable bonds is 6. The molecular weight excluding hydrogens is 156 g/mol. The van der Waals surface area contributed by atoms with E-state index in [1.54, 1.807) is 0 Å². The van der Waals surface area contributed by atoms with Crippen LogP contribution in [0.25, 0.3) is 0 Å². The molecule has 1 N–H and O–H groups in total. The van der Waals surface area contributed by atoms with E-state index in [1.165, 1.54) is 12.3 Å². The molecule has 0 aromatic rings. The third kappa shape index (κ3) is 6.66. The van der Waals surface area contributed by atoms with Gasteiger partial charge in [-0.05, 0) is 27.3 Å². The van der Waals surface area contributed by atoms with Crippen molar-refractivity contribution in [3.8, 4) is 0 Å². The van der Waals surface area contributed by atoms with E-state index in [4.69, 9.17) is 0 Å². The van der Waals surface area contributed by atoms with Gasteiger partial charge in [-0.3, -0.25) is 0 Å². The van der Waals surface area contributed by atoms with Crippen molar-refractivity contribution in [1.29, 1.82) is 0 Å². The molecule has 0 aromatic carbocycles. The average Bonchev–Trinajstić information content (AvgIpc) is 2.00. The van der Waals surface area contributed by atoms with E-state index in [-0.39, 0.29) is 0 Å². The highest BCUT2D eigenvalue weighted by Crippen LogP contribution is 1.94. The number of hydrogen-bond donors (Lipinski definition) is 1. The minimum absolute atomic E-state index is 0.599. The second-order valence-corrected chi connectivity index (χ2v) is 3.93. The van der Waals surface area contributed by atoms with Crippen LogP contribution >= 0.6 is 11.8 Å². The fourth-order valence-corrected chi connectivity index (χ4v) is 1.39. The summed E-state index contributed by atoms with van der Waals surface area (Å²) in [7, 11) is 4.18. The van der Waals surface area contributed by atoms with Crippen molar-refractivity contribution >= 4 is 11.8 Å². The van der Waals surface area contributed by atoms with Crippen LogP contribution < -0.4 is 5.32 Å². The highest BCUT2D eigenvalue weighted by Gasteiger charge is 2.02. The molecule has 0 amide bonds. The predicted molar refractivity (Wildman–Crippen MR) is 54.4 cm³/mol. The van der Waals surface area contributed by atoms with E-state index in [0.29, 0.717) is 6.04 Å². The lowest BCUT2D eigenvalue weighted by Gasteiger charge is -2.20. The molecule has 0 rings (SSSR count). The summed E-state index contributed by atoms with van der Waals surface area (Å²) in [5.41, 5.74) is 0. The molecule has 2 nitrogen and oxygen atoms in total. The van der Waals surface area contributed by atoms with Crippen molar-refractivity contribution in [2.45, 2.75) is 13.0 Å². The topological polar surface area (TPSA) is 15.3 Å². The summed E-state index contributed by atoms with van der Waals surface area (Å²) in [6.45, 7) is 4.53. The molecule has 0 spiro atoms. The molecule has 3 heteroatoms. The van der Waals surface area contributed by atoms with E-state index >= 15 is 0 Å². The Kier molecular flexibility index (Phi) is 7.12. The van der Waals surface area contributed by atoms with E-state index in [2.05, 4.69) is 30.4 Å². The molecule has 0 heterocycles. The van der Waals surface area contributed by atoms with E-state index in [1.807, 2.05) is 18.8 Å². The molecule has 1 atom stereocenters. The second kappa shape index (κ2) is 6.95. The Morgan fingerprint density at radius 1 is 1.55 bits per heavy atom. The van der Waals surface area contributed by atoms with Gasteiger partial charge in [-0.15, -0.1) is 0 Å². The van der Waals surface area contributed by atoms with E-state index in [0.717, 1.165) is 6.54 Å². The lowest BCUT2D eigenvalue weighted by molar-refractivity contribution is 0.320. The highest BCUT2D eigenvalue weighted by molar-refractivity contribution is 7.98. The van der Waals surface area contributed by atoms with Crippen LogP contribution in [0.1, 0.15) is 6.92 Å². The molecule has 0 aliphatic rings. The first-order valence-electron chi connectivity index (χ1n) is 4.05. The molecule has 0 aliphatic carbocycles. The Bertz CT molecular complexity index is 88.2. The zero-order valence-corrected chi connectivity index (χ0v) is 8.87. The minimum Gasteiger partial charge on any atom is -0.316 e. The van der Waals surface area contributed by atoms with Gasteiger partial charge in [0, 0.05) is 24.9 Å². The van der Waals surface area contributed by atoms with Crippen LogP contribution in [0.3, 0.4) is 0 Å². The first-order chi connectivity index (χ1) is 5.20. The van der Waals surface area contributed by atoms with Crippen molar-refractivity contribution < 1.29 is 0 Å². The van der Waals surface area contributed by atoms with E-state index in [9.17, 15) is 0 Å². The summed E-state index contributed by atoms with van der Waals surface area (Å²) in [5.74, 6) is 1.23. The number of nitrogens with zero attached hydrogens (tertiary/aromatic N) is 1. The molecule has 1 unspecified atom stereocenters. The first kappa shape index (κ1) is 11.3. The monoisotopic (exact) mass is 176 g/mol. The smallest absolute Gasteiger partial charge is 0.0163 e. The van der Waals surface area contributed by atoms with Crippen LogP contribution in [-0.4, -0.2) is 50.1 Å². The minimum atomic E-state index is 0.599. The molecule has 0 saturated heterocycles. The van der Waals surface area contributed by atoms with Crippen LogP contribution in [0, 0.1) is 0 Å². The maximum Gasteiger partial charge on any atom is 0.0163 e. The Hall–Kier alpha value is 0.270. The highest BCUT2D eigenvalue weighted by atomic mass is 32.2. The Balaban J connectivity index is 3.27. The van der Waals surface area contributed by atoms with Gasteiger partial charge in [0.1, 0.15) is 0 Å². The summed E-state index contributed by atoms with van der Waals surface area (Å²) >= 11 is 1.90. The molecule has 0 aromatic heterocycles. The second-order valence-electron chi connectivity index (χ2n) is 2.94. The van der Waals surface area contributed by atoms with Gasteiger partial charge in [0.2, 0.25) is 0 Å². The van der Waals surface area contributed by atoms with Crippen molar-refractivity contribution in [2.24, 2.45) is 0 Å². The normalized spacial score (nSPS) is 13.9. The molecule has 0 radical (unpaired) electrons. The van der Waals surface area contributed by atoms with Crippen molar-refractivity contribution in [1.82, 2.24) is 10.2 Å². The standard InChI is InChI=1S/C8H20N2S/c1-8(9-2)7-10(3)5-6-11-4/h8-9H,5-7H2,1-4H3. The van der Waals surface area contributed by atoms with Gasteiger partial charge in [0.05, 0.1) is 0 Å². The lowest BCUT2D eigenvalue weighted by atomic mass is 10.3. The van der Waals surface area contributed by atoms with Gasteiger partial charge in [-0.2, -0.15) is 11.8 Å². The largest absolute Gasteiger partial charge is 0.316 e. The van der Waals surface area contributed by atoms with Crippen LogP contribution in [0.15, 0.2) is 0 Å². The summed E-state index contributed by atoms with van der Waals surface area (Å²) in [4.78, 5) is 2.36. The lowest BCUT2D eigenvalue weighted by Crippen LogP contribution is -2.36. The Labute approximate surface area is 74.7 Å². The molecule has 0 aliphatic heterocycles. The van der Waals surface area contributed by atoms with Gasteiger partial charge < -0.3 is 10.2 Å². The summed E-state index contributed by atoms with van der Waals surface area (Å²) in [6, 6.07) is 0.599. The molecule has 0 fully saturated rings. The summed E-state index contributed by atoms with van der Waals surface area (Å²) in [5, 5.41) is 3.22. The first-order valence-corrected chi connectivity index (χ1v) is 5.44. The zero-order chi connectivity index (χ0) is 8.69. The predicted octanol–water partition coefficient (Wildman–Crippen LogP) is 0.889. The number of nitrogens with one attached hydrogen (secondary N) is 1. The van der Waals surface area contributed by atoms with Gasteiger partial charge >= 0.3 is 0 Å². The van der Waals surface area contributed by atoms with Crippen LogP contribution in [0.2, 0.25) is 0 Å². The fraction of sp³-hybridized carbons (Fsp3) is 1.00. The van der Waals surface area contributed by atoms with Crippen molar-refractivity contribution in [2.75, 3.05) is 39.2 Å². The van der Waals surface area contributed by atoms with E-state index < -0.39 is 0 Å². The number of thioether (sulfide) groups is 1. The average molecular weight is 176 g/mol. The molecule has 0 bridgehead atoms.